The molecule has 1 amide bonds. The number of pyridine rings is 1. The highest BCUT2D eigenvalue weighted by Crippen LogP contribution is 2.26. The lowest BCUT2D eigenvalue weighted by Gasteiger charge is -2.10. The molecular weight excluding hydrogens is 452 g/mol. The maximum absolute atomic E-state index is 13.6. The molecule has 0 saturated heterocycles. The largest absolute Gasteiger partial charge is 0.436 e. The molecule has 0 aliphatic rings. The summed E-state index contributed by atoms with van der Waals surface area (Å²) in [6, 6.07) is 9.73. The minimum absolute atomic E-state index is 0.00387. The van der Waals surface area contributed by atoms with Gasteiger partial charge in [0.05, 0.1) is 23.0 Å². The minimum atomic E-state index is -1.10. The number of aliphatic hydroxyl groups excluding tert-OH is 1. The second kappa shape index (κ2) is 9.09. The molecule has 168 valence electrons. The normalized spacial score (nSPS) is 11.8. The Kier molecular flexibility index (Phi) is 6.22. The summed E-state index contributed by atoms with van der Waals surface area (Å²) in [6.07, 6.45) is 1.48. The third kappa shape index (κ3) is 4.62. The van der Waals surface area contributed by atoms with Gasteiger partial charge >= 0.3 is 0 Å². The van der Waals surface area contributed by atoms with E-state index in [0.717, 1.165) is 17.7 Å². The van der Waals surface area contributed by atoms with E-state index in [9.17, 15) is 18.7 Å². The first-order valence-electron chi connectivity index (χ1n) is 9.87. The lowest BCUT2D eigenvalue weighted by atomic mass is 10.1. The summed E-state index contributed by atoms with van der Waals surface area (Å²) >= 11 is 6.31. The summed E-state index contributed by atoms with van der Waals surface area (Å²) in [7, 11) is 0. The van der Waals surface area contributed by atoms with Gasteiger partial charge in [-0.15, -0.1) is 0 Å². The van der Waals surface area contributed by atoms with Gasteiger partial charge in [-0.25, -0.2) is 13.8 Å². The van der Waals surface area contributed by atoms with E-state index in [1.807, 2.05) is 13.0 Å². The van der Waals surface area contributed by atoms with Gasteiger partial charge in [0.1, 0.15) is 5.56 Å². The third-order valence-corrected chi connectivity index (χ3v) is 5.27. The van der Waals surface area contributed by atoms with Crippen LogP contribution in [0, 0.1) is 25.5 Å². The number of halogens is 3. The Labute approximate surface area is 192 Å². The zero-order chi connectivity index (χ0) is 23.7. The monoisotopic (exact) mass is 469 g/mol. The zero-order valence-electron chi connectivity index (χ0n) is 17.6. The van der Waals surface area contributed by atoms with E-state index in [0.29, 0.717) is 32.9 Å². The molecule has 2 aromatic carbocycles. The number of nitrogens with one attached hydrogen (secondary N) is 1. The number of carbonyl (C=O) groups excluding carboxylic acids is 1. The Hall–Kier alpha value is -3.62. The van der Waals surface area contributed by atoms with Crippen molar-refractivity contribution in [1.82, 2.24) is 4.98 Å². The van der Waals surface area contributed by atoms with Gasteiger partial charge in [0.2, 0.25) is 5.55 Å². The van der Waals surface area contributed by atoms with Crippen LogP contribution in [0.15, 0.2) is 58.1 Å². The number of hydrogen-bond donors (Lipinski definition) is 2. The van der Waals surface area contributed by atoms with Gasteiger partial charge in [0, 0.05) is 28.9 Å². The summed E-state index contributed by atoms with van der Waals surface area (Å²) in [5.74, 6) is -2.81. The van der Waals surface area contributed by atoms with Crippen molar-refractivity contribution in [3.05, 3.63) is 93.3 Å². The maximum atomic E-state index is 13.6. The Bertz CT molecular complexity index is 1470. The van der Waals surface area contributed by atoms with E-state index in [1.165, 1.54) is 18.3 Å². The number of fused-ring (bicyclic) bond motifs is 1. The number of rotatable bonds is 4. The first kappa shape index (κ1) is 22.6. The number of anilines is 1. The van der Waals surface area contributed by atoms with E-state index in [4.69, 9.17) is 16.0 Å². The van der Waals surface area contributed by atoms with E-state index in [1.54, 1.807) is 19.1 Å². The molecule has 2 aromatic heterocycles. The number of benzene rings is 2. The molecule has 0 unspecified atom stereocenters. The predicted octanol–water partition coefficient (Wildman–Crippen LogP) is 5.35. The van der Waals surface area contributed by atoms with Gasteiger partial charge in [-0.05, 0) is 49.7 Å². The third-order valence-electron chi connectivity index (χ3n) is 4.97. The van der Waals surface area contributed by atoms with Gasteiger partial charge in [0.15, 0.2) is 17.2 Å². The Balaban J connectivity index is 1.93. The van der Waals surface area contributed by atoms with Gasteiger partial charge in [-0.3, -0.25) is 9.78 Å². The number of hydrogen-bond acceptors (Lipinski definition) is 5. The molecule has 4 aromatic rings. The van der Waals surface area contributed by atoms with Gasteiger partial charge in [0.25, 0.3) is 5.91 Å². The highest BCUT2D eigenvalue weighted by atomic mass is 35.5. The molecule has 0 saturated carbocycles. The maximum Gasteiger partial charge on any atom is 0.261 e. The van der Waals surface area contributed by atoms with Crippen LogP contribution in [-0.2, 0) is 6.61 Å². The second-order valence-electron chi connectivity index (χ2n) is 7.38. The zero-order valence-corrected chi connectivity index (χ0v) is 18.4. The number of aryl methyl sites for hydroxylation is 2. The van der Waals surface area contributed by atoms with Gasteiger partial charge < -0.3 is 14.8 Å². The fourth-order valence-corrected chi connectivity index (χ4v) is 3.52. The fraction of sp³-hybridized carbons (Fsp3) is 0.125. The summed E-state index contributed by atoms with van der Waals surface area (Å²) in [5.41, 5.74) is 2.61. The Morgan fingerprint density at radius 2 is 1.94 bits per heavy atom. The van der Waals surface area contributed by atoms with E-state index < -0.39 is 17.5 Å². The SMILES string of the molecule is Cc1ccc(N=c2oc3c(C)ncc(CO)c3cc2C(=O)Nc2ccc(F)c(F)c2)c(Cl)c1. The topological polar surface area (TPSA) is 87.7 Å². The van der Waals surface area contributed by atoms with E-state index >= 15 is 0 Å². The molecule has 33 heavy (non-hydrogen) atoms. The van der Waals surface area contributed by atoms with Crippen LogP contribution in [0.3, 0.4) is 0 Å². The van der Waals surface area contributed by atoms with Crippen molar-refractivity contribution in [3.63, 3.8) is 0 Å². The van der Waals surface area contributed by atoms with Gasteiger partial charge in [-0.2, -0.15) is 0 Å². The lowest BCUT2D eigenvalue weighted by Crippen LogP contribution is -2.22. The molecule has 9 heteroatoms. The molecule has 0 aliphatic carbocycles. The Morgan fingerprint density at radius 1 is 1.15 bits per heavy atom. The van der Waals surface area contributed by atoms with Crippen LogP contribution in [0.4, 0.5) is 20.2 Å². The van der Waals surface area contributed by atoms with Crippen LogP contribution in [0.2, 0.25) is 5.02 Å². The van der Waals surface area contributed by atoms with Crippen molar-refractivity contribution >= 4 is 39.9 Å². The molecule has 0 radical (unpaired) electrons. The van der Waals surface area contributed by atoms with Crippen LogP contribution in [0.25, 0.3) is 11.0 Å². The van der Waals surface area contributed by atoms with Gasteiger partial charge in [-0.1, -0.05) is 17.7 Å². The minimum Gasteiger partial charge on any atom is -0.436 e. The number of nitrogens with zero attached hydrogens (tertiary/aromatic N) is 2. The molecule has 0 atom stereocenters. The standard InChI is InChI=1S/C24H18ClF2N3O3/c1-12-3-6-21(18(25)7-12)30-24-17(23(32)29-15-4-5-19(26)20(27)8-15)9-16-14(11-31)10-28-13(2)22(16)33-24/h3-10,31H,11H2,1-2H3,(H,29,32). The summed E-state index contributed by atoms with van der Waals surface area (Å²) in [6.45, 7) is 3.27. The molecule has 6 nitrogen and oxygen atoms in total. The molecule has 4 rings (SSSR count). The molecule has 0 spiro atoms. The molecule has 0 bridgehead atoms. The highest BCUT2D eigenvalue weighted by Gasteiger charge is 2.17. The quantitative estimate of drug-likeness (QED) is 0.421. The fourth-order valence-electron chi connectivity index (χ4n) is 3.24. The number of aliphatic hydroxyl groups is 1. The van der Waals surface area contributed by atoms with Crippen LogP contribution in [0.5, 0.6) is 0 Å². The van der Waals surface area contributed by atoms with E-state index in [2.05, 4.69) is 15.3 Å². The van der Waals surface area contributed by atoms with Crippen LogP contribution >= 0.6 is 11.6 Å². The van der Waals surface area contributed by atoms with E-state index in [-0.39, 0.29) is 23.4 Å². The number of carbonyl (C=O) groups is 1. The smallest absolute Gasteiger partial charge is 0.261 e. The average Bonchev–Trinajstić information content (AvgIpc) is 2.78. The summed E-state index contributed by atoms with van der Waals surface area (Å²) in [4.78, 5) is 21.8. The predicted molar refractivity (Wildman–Crippen MR) is 120 cm³/mol. The van der Waals surface area contributed by atoms with Crippen molar-refractivity contribution in [3.8, 4) is 0 Å². The average molecular weight is 470 g/mol. The molecule has 0 fully saturated rings. The van der Waals surface area contributed by atoms with Crippen molar-refractivity contribution < 1.29 is 23.1 Å². The highest BCUT2D eigenvalue weighted by molar-refractivity contribution is 6.33. The molecule has 2 N–H and O–H groups in total. The van der Waals surface area contributed by atoms with Crippen molar-refractivity contribution in [1.29, 1.82) is 0 Å². The van der Waals surface area contributed by atoms with Crippen molar-refractivity contribution in [2.75, 3.05) is 5.32 Å². The first-order chi connectivity index (χ1) is 15.8. The molecule has 2 heterocycles. The van der Waals surface area contributed by atoms with Crippen LogP contribution in [0.1, 0.15) is 27.2 Å². The van der Waals surface area contributed by atoms with Crippen LogP contribution < -0.4 is 10.9 Å². The lowest BCUT2D eigenvalue weighted by molar-refractivity contribution is 0.102. The first-order valence-corrected chi connectivity index (χ1v) is 10.2. The summed E-state index contributed by atoms with van der Waals surface area (Å²) < 4.78 is 32.8. The van der Waals surface area contributed by atoms with Crippen molar-refractivity contribution in [2.24, 2.45) is 4.99 Å². The molecule has 0 aliphatic heterocycles. The number of aromatic nitrogens is 1. The van der Waals surface area contributed by atoms with Crippen molar-refractivity contribution in [2.45, 2.75) is 20.5 Å². The Morgan fingerprint density at radius 3 is 2.64 bits per heavy atom. The van der Waals surface area contributed by atoms with Crippen LogP contribution in [-0.4, -0.2) is 16.0 Å². The molecular formula is C24H18ClF2N3O3. The second-order valence-corrected chi connectivity index (χ2v) is 7.79. The summed E-state index contributed by atoms with van der Waals surface area (Å²) in [5, 5.41) is 13.1. The number of amides is 1.